The molecule has 0 fully saturated rings. The smallest absolute Gasteiger partial charge is 0.416 e. The number of fused-ring (bicyclic) bond motifs is 1. The van der Waals surface area contributed by atoms with Crippen LogP contribution in [0.1, 0.15) is 18.1 Å². The molecule has 0 bridgehead atoms. The minimum atomic E-state index is -4.52. The molecule has 4 rings (SSSR count). The first kappa shape index (κ1) is 24.1. The standard InChI is InChI=1S/C24H19F5N4O2/c1-2-34-19-11-14(3-6-18(19)35-20-12-15(8-10-30-20)24(27,28)29)7-9-31-23-21-16(25)4-5-17(26)22(21)32-13-33-23/h3-6,8,10-13H,2,7,9H2,1H3,(H,31,32,33). The van der Waals surface area contributed by atoms with Crippen LogP contribution in [-0.2, 0) is 12.6 Å². The van der Waals surface area contributed by atoms with E-state index in [2.05, 4.69) is 20.3 Å². The lowest BCUT2D eigenvalue weighted by Gasteiger charge is -2.14. The van der Waals surface area contributed by atoms with Crippen molar-refractivity contribution in [3.05, 3.63) is 77.8 Å². The number of aromatic nitrogens is 3. The second-order valence-electron chi connectivity index (χ2n) is 7.35. The SMILES string of the molecule is CCOc1cc(CCNc2ncnc3c(F)ccc(F)c23)ccc1Oc1cc(C(F)(F)F)ccn1. The van der Waals surface area contributed by atoms with Gasteiger partial charge in [0.15, 0.2) is 11.5 Å². The minimum absolute atomic E-state index is 0.0418. The summed E-state index contributed by atoms with van der Waals surface area (Å²) in [5, 5.41) is 2.94. The molecule has 0 radical (unpaired) electrons. The zero-order chi connectivity index (χ0) is 25.0. The van der Waals surface area contributed by atoms with Gasteiger partial charge in [0.1, 0.15) is 29.3 Å². The van der Waals surface area contributed by atoms with Gasteiger partial charge in [-0.1, -0.05) is 6.07 Å². The molecule has 1 N–H and O–H groups in total. The van der Waals surface area contributed by atoms with Crippen LogP contribution in [0.25, 0.3) is 10.9 Å². The highest BCUT2D eigenvalue weighted by Crippen LogP contribution is 2.35. The fraction of sp³-hybridized carbons (Fsp3) is 0.208. The van der Waals surface area contributed by atoms with Crippen molar-refractivity contribution in [3.63, 3.8) is 0 Å². The summed E-state index contributed by atoms with van der Waals surface area (Å²) < 4.78 is 78.2. The number of benzene rings is 2. The molecule has 0 spiro atoms. The molecule has 0 amide bonds. The average molecular weight is 490 g/mol. The molecule has 2 heterocycles. The number of pyridine rings is 1. The predicted molar refractivity (Wildman–Crippen MR) is 119 cm³/mol. The number of ether oxygens (including phenoxy) is 2. The fourth-order valence-corrected chi connectivity index (χ4v) is 3.38. The molecule has 2 aromatic heterocycles. The summed E-state index contributed by atoms with van der Waals surface area (Å²) >= 11 is 0. The van der Waals surface area contributed by atoms with E-state index >= 15 is 0 Å². The Morgan fingerprint density at radius 3 is 2.49 bits per heavy atom. The monoisotopic (exact) mass is 490 g/mol. The quantitative estimate of drug-likeness (QED) is 0.298. The highest BCUT2D eigenvalue weighted by Gasteiger charge is 2.31. The lowest BCUT2D eigenvalue weighted by atomic mass is 10.1. The van der Waals surface area contributed by atoms with E-state index in [-0.39, 0.29) is 28.4 Å². The largest absolute Gasteiger partial charge is 0.490 e. The van der Waals surface area contributed by atoms with E-state index < -0.39 is 23.4 Å². The van der Waals surface area contributed by atoms with Gasteiger partial charge >= 0.3 is 6.18 Å². The van der Waals surface area contributed by atoms with Crippen molar-refractivity contribution < 1.29 is 31.4 Å². The molecular formula is C24H19F5N4O2. The molecule has 0 atom stereocenters. The van der Waals surface area contributed by atoms with E-state index in [4.69, 9.17) is 9.47 Å². The zero-order valence-electron chi connectivity index (χ0n) is 18.4. The highest BCUT2D eigenvalue weighted by atomic mass is 19.4. The molecule has 0 saturated carbocycles. The molecule has 35 heavy (non-hydrogen) atoms. The predicted octanol–water partition coefficient (Wildman–Crippen LogP) is 6.17. The Morgan fingerprint density at radius 2 is 1.71 bits per heavy atom. The summed E-state index contributed by atoms with van der Waals surface area (Å²) in [6, 6.07) is 8.64. The van der Waals surface area contributed by atoms with Crippen molar-refractivity contribution in [2.24, 2.45) is 0 Å². The summed E-state index contributed by atoms with van der Waals surface area (Å²) in [7, 11) is 0. The van der Waals surface area contributed by atoms with Gasteiger partial charge in [-0.15, -0.1) is 0 Å². The van der Waals surface area contributed by atoms with E-state index in [1.807, 2.05) is 0 Å². The molecule has 0 aliphatic rings. The summed E-state index contributed by atoms with van der Waals surface area (Å²) in [4.78, 5) is 11.6. The topological polar surface area (TPSA) is 69.2 Å². The van der Waals surface area contributed by atoms with Crippen LogP contribution in [0.5, 0.6) is 17.4 Å². The summed E-state index contributed by atoms with van der Waals surface area (Å²) in [6.45, 7) is 2.38. The van der Waals surface area contributed by atoms with Gasteiger partial charge in [0.25, 0.3) is 0 Å². The summed E-state index contributed by atoms with van der Waals surface area (Å²) in [5.74, 6) is -0.834. The third kappa shape index (κ3) is 5.56. The van der Waals surface area contributed by atoms with Crippen molar-refractivity contribution >= 4 is 16.7 Å². The Kier molecular flexibility index (Phi) is 6.94. The van der Waals surface area contributed by atoms with Gasteiger partial charge in [0.05, 0.1) is 17.6 Å². The second kappa shape index (κ2) is 10.1. The van der Waals surface area contributed by atoms with Gasteiger partial charge in [-0.2, -0.15) is 13.2 Å². The molecule has 0 unspecified atom stereocenters. The molecule has 0 aliphatic carbocycles. The highest BCUT2D eigenvalue weighted by molar-refractivity contribution is 5.89. The molecule has 2 aromatic carbocycles. The molecule has 6 nitrogen and oxygen atoms in total. The first-order chi connectivity index (χ1) is 16.8. The van der Waals surface area contributed by atoms with Gasteiger partial charge in [-0.3, -0.25) is 0 Å². The lowest BCUT2D eigenvalue weighted by molar-refractivity contribution is -0.137. The van der Waals surface area contributed by atoms with Gasteiger partial charge in [-0.05, 0) is 49.2 Å². The third-order valence-electron chi connectivity index (χ3n) is 4.98. The lowest BCUT2D eigenvalue weighted by Crippen LogP contribution is -2.08. The molecule has 0 aliphatic heterocycles. The van der Waals surface area contributed by atoms with Crippen LogP contribution in [0.4, 0.5) is 27.8 Å². The maximum Gasteiger partial charge on any atom is 0.416 e. The van der Waals surface area contributed by atoms with Crippen LogP contribution in [0.3, 0.4) is 0 Å². The van der Waals surface area contributed by atoms with Crippen LogP contribution in [-0.4, -0.2) is 28.1 Å². The number of alkyl halides is 3. The number of nitrogens with zero attached hydrogens (tertiary/aromatic N) is 3. The Labute approximate surface area is 196 Å². The van der Waals surface area contributed by atoms with Crippen LogP contribution in [0.15, 0.2) is 55.0 Å². The Balaban J connectivity index is 1.49. The van der Waals surface area contributed by atoms with E-state index in [9.17, 15) is 22.0 Å². The number of nitrogens with one attached hydrogen (secondary N) is 1. The maximum atomic E-state index is 14.2. The molecule has 4 aromatic rings. The number of rotatable bonds is 8. The van der Waals surface area contributed by atoms with Crippen molar-refractivity contribution in [1.82, 2.24) is 15.0 Å². The number of hydrogen-bond acceptors (Lipinski definition) is 6. The van der Waals surface area contributed by atoms with Crippen LogP contribution >= 0.6 is 0 Å². The first-order valence-electron chi connectivity index (χ1n) is 10.6. The minimum Gasteiger partial charge on any atom is -0.490 e. The first-order valence-corrected chi connectivity index (χ1v) is 10.6. The van der Waals surface area contributed by atoms with Gasteiger partial charge in [0, 0.05) is 18.8 Å². The number of halogens is 5. The van der Waals surface area contributed by atoms with Crippen molar-refractivity contribution in [2.45, 2.75) is 19.5 Å². The van der Waals surface area contributed by atoms with E-state index in [0.717, 1.165) is 42.4 Å². The van der Waals surface area contributed by atoms with Crippen LogP contribution in [0.2, 0.25) is 0 Å². The Hall–Kier alpha value is -4.02. The normalized spacial score (nSPS) is 11.5. The molecule has 182 valence electrons. The Morgan fingerprint density at radius 1 is 0.914 bits per heavy atom. The Bertz CT molecular complexity index is 1350. The summed E-state index contributed by atoms with van der Waals surface area (Å²) in [5.41, 5.74) is -0.196. The van der Waals surface area contributed by atoms with Crippen molar-refractivity contribution in [1.29, 1.82) is 0 Å². The molecular weight excluding hydrogens is 471 g/mol. The van der Waals surface area contributed by atoms with Crippen molar-refractivity contribution in [2.75, 3.05) is 18.5 Å². The summed E-state index contributed by atoms with van der Waals surface area (Å²) in [6.07, 6.45) is -1.91. The molecule has 11 heteroatoms. The third-order valence-corrected chi connectivity index (χ3v) is 4.98. The van der Waals surface area contributed by atoms with E-state index in [1.54, 1.807) is 25.1 Å². The molecule has 0 saturated heterocycles. The van der Waals surface area contributed by atoms with Crippen LogP contribution in [0, 0.1) is 11.6 Å². The maximum absolute atomic E-state index is 14.2. The number of anilines is 1. The second-order valence-corrected chi connectivity index (χ2v) is 7.35. The average Bonchev–Trinajstić information content (AvgIpc) is 2.83. The van der Waals surface area contributed by atoms with Crippen molar-refractivity contribution in [3.8, 4) is 17.4 Å². The van der Waals surface area contributed by atoms with Gasteiger partial charge in [-0.25, -0.2) is 23.7 Å². The zero-order valence-corrected chi connectivity index (χ0v) is 18.4. The van der Waals surface area contributed by atoms with Crippen LogP contribution < -0.4 is 14.8 Å². The van der Waals surface area contributed by atoms with E-state index in [0.29, 0.717) is 25.3 Å². The van der Waals surface area contributed by atoms with Gasteiger partial charge < -0.3 is 14.8 Å². The fourth-order valence-electron chi connectivity index (χ4n) is 3.38. The number of hydrogen-bond donors (Lipinski definition) is 1. The van der Waals surface area contributed by atoms with E-state index in [1.165, 1.54) is 0 Å². The van der Waals surface area contributed by atoms with Gasteiger partial charge in [0.2, 0.25) is 5.88 Å².